The zero-order valence-electron chi connectivity index (χ0n) is 27.5. The number of ether oxygens (including phenoxy) is 2. The Bertz CT molecular complexity index is 2200. The first kappa shape index (κ1) is 33.3. The molecule has 5 aromatic carbocycles. The molecule has 6 aromatic rings. The number of aromatic amines is 1. The molecular formula is C40H36ClN3O6. The number of halogens is 1. The molecule has 0 unspecified atom stereocenters. The molecule has 7 rings (SSSR count). The number of aromatic hydroxyl groups is 1. The van der Waals surface area contributed by atoms with E-state index in [9.17, 15) is 14.7 Å². The zero-order valence-corrected chi connectivity index (χ0v) is 28.2. The van der Waals surface area contributed by atoms with E-state index < -0.39 is 0 Å². The summed E-state index contributed by atoms with van der Waals surface area (Å²) in [5.41, 5.74) is 6.98. The summed E-state index contributed by atoms with van der Waals surface area (Å²) in [5, 5.41) is 21.4. The number of phenolic OH excluding ortho intramolecular Hbond substituents is 1. The SMILES string of the molecule is Cc1cccc2c(O)cc3c(c12)[C@H](CCl)CN3C(=O)c1ccc2nc(-c3ccc(CC(=O)c4ccc(OCCOCCO)cc4)cc3)[nH]c2c1. The number of nitrogens with zero attached hydrogens (tertiary/aromatic N) is 2. The van der Waals surface area contributed by atoms with Gasteiger partial charge in [-0.25, -0.2) is 4.98 Å². The third-order valence-corrected chi connectivity index (χ3v) is 9.50. The van der Waals surface area contributed by atoms with Gasteiger partial charge in [0, 0.05) is 52.9 Å². The number of carbonyl (C=O) groups is 2. The first-order chi connectivity index (χ1) is 24.3. The number of fused-ring (bicyclic) bond motifs is 4. The predicted molar refractivity (Wildman–Crippen MR) is 195 cm³/mol. The molecule has 0 radical (unpaired) electrons. The first-order valence-corrected chi connectivity index (χ1v) is 17.0. The van der Waals surface area contributed by atoms with Crippen LogP contribution in [-0.2, 0) is 11.2 Å². The number of nitrogens with one attached hydrogen (secondary N) is 1. The molecule has 1 atom stereocenters. The van der Waals surface area contributed by atoms with Crippen molar-refractivity contribution in [2.45, 2.75) is 19.3 Å². The Morgan fingerprint density at radius 2 is 1.74 bits per heavy atom. The predicted octanol–water partition coefficient (Wildman–Crippen LogP) is 7.19. The van der Waals surface area contributed by atoms with E-state index >= 15 is 0 Å². The van der Waals surface area contributed by atoms with Crippen molar-refractivity contribution in [1.29, 1.82) is 0 Å². The molecule has 0 fully saturated rings. The molecule has 2 heterocycles. The van der Waals surface area contributed by atoms with Gasteiger partial charge in [0.25, 0.3) is 5.91 Å². The standard InChI is InChI=1S/C40H36ClN3O6/c1-24-3-2-4-31-36(47)21-34-38(37(24)31)29(22-41)23-44(34)40(48)28-11-14-32-33(20-28)43-39(42-32)27-7-5-25(6-8-27)19-35(46)26-9-12-30(13-10-26)50-18-17-49-16-15-45/h2-14,20-21,29,45,47H,15-19,22-23H2,1H3,(H,42,43)/t29-/m1/s1. The average molecular weight is 690 g/mol. The number of phenols is 1. The summed E-state index contributed by atoms with van der Waals surface area (Å²) in [6.07, 6.45) is 0.248. The van der Waals surface area contributed by atoms with E-state index in [2.05, 4.69) is 4.98 Å². The topological polar surface area (TPSA) is 125 Å². The Balaban J connectivity index is 1.04. The van der Waals surface area contributed by atoms with Gasteiger partial charge in [0.15, 0.2) is 5.78 Å². The van der Waals surface area contributed by atoms with Gasteiger partial charge in [-0.2, -0.15) is 0 Å². The van der Waals surface area contributed by atoms with E-state index in [1.807, 2.05) is 61.5 Å². The van der Waals surface area contributed by atoms with E-state index in [1.54, 1.807) is 41.3 Å². The molecule has 10 heteroatoms. The zero-order chi connectivity index (χ0) is 34.8. The number of aliphatic hydroxyl groups excluding tert-OH is 1. The van der Waals surface area contributed by atoms with Crippen LogP contribution >= 0.6 is 11.6 Å². The number of H-pyrrole nitrogens is 1. The molecular weight excluding hydrogens is 654 g/mol. The van der Waals surface area contributed by atoms with E-state index in [1.165, 1.54) is 0 Å². The third-order valence-electron chi connectivity index (χ3n) is 9.13. The number of hydrogen-bond acceptors (Lipinski definition) is 7. The second kappa shape index (κ2) is 14.3. The number of aliphatic hydroxyl groups is 1. The summed E-state index contributed by atoms with van der Waals surface area (Å²) in [6.45, 7) is 3.41. The fourth-order valence-corrected chi connectivity index (χ4v) is 6.89. The number of imidazole rings is 1. The summed E-state index contributed by atoms with van der Waals surface area (Å²) < 4.78 is 10.8. The number of carbonyl (C=O) groups excluding carboxylic acids is 2. The number of aromatic nitrogens is 2. The number of hydrogen-bond donors (Lipinski definition) is 3. The van der Waals surface area contributed by atoms with Crippen LogP contribution in [0.2, 0.25) is 0 Å². The van der Waals surface area contributed by atoms with Crippen molar-refractivity contribution in [2.24, 2.45) is 0 Å². The number of aryl methyl sites for hydroxylation is 1. The first-order valence-electron chi connectivity index (χ1n) is 16.5. The lowest BCUT2D eigenvalue weighted by atomic mass is 9.92. The van der Waals surface area contributed by atoms with E-state index in [-0.39, 0.29) is 43.0 Å². The molecule has 0 saturated carbocycles. The summed E-state index contributed by atoms with van der Waals surface area (Å²) in [7, 11) is 0. The van der Waals surface area contributed by atoms with Gasteiger partial charge in [-0.1, -0.05) is 42.5 Å². The molecule has 1 aromatic heterocycles. The van der Waals surface area contributed by atoms with Gasteiger partial charge >= 0.3 is 0 Å². The lowest BCUT2D eigenvalue weighted by Crippen LogP contribution is -2.30. The van der Waals surface area contributed by atoms with E-state index in [0.29, 0.717) is 54.0 Å². The van der Waals surface area contributed by atoms with Crippen molar-refractivity contribution in [1.82, 2.24) is 9.97 Å². The minimum absolute atomic E-state index is 0.00644. The fraction of sp³-hybridized carbons (Fsp3) is 0.225. The number of benzene rings is 5. The van der Waals surface area contributed by atoms with Crippen LogP contribution in [-0.4, -0.2) is 70.7 Å². The van der Waals surface area contributed by atoms with Crippen LogP contribution in [0, 0.1) is 6.92 Å². The average Bonchev–Trinajstić information content (AvgIpc) is 3.73. The molecule has 9 nitrogen and oxygen atoms in total. The second-order valence-electron chi connectivity index (χ2n) is 12.4. The van der Waals surface area contributed by atoms with Gasteiger partial charge < -0.3 is 29.6 Å². The highest BCUT2D eigenvalue weighted by Crippen LogP contribution is 2.46. The highest BCUT2D eigenvalue weighted by Gasteiger charge is 2.35. The minimum atomic E-state index is -0.177. The maximum Gasteiger partial charge on any atom is 0.258 e. The number of amides is 1. The second-order valence-corrected chi connectivity index (χ2v) is 12.7. The van der Waals surface area contributed by atoms with Crippen LogP contribution in [0.15, 0.2) is 91.0 Å². The van der Waals surface area contributed by atoms with Crippen LogP contribution in [0.25, 0.3) is 33.2 Å². The molecule has 0 saturated heterocycles. The van der Waals surface area contributed by atoms with Crippen molar-refractivity contribution in [3.63, 3.8) is 0 Å². The van der Waals surface area contributed by atoms with Gasteiger partial charge in [0.05, 0.1) is 36.5 Å². The molecule has 3 N–H and O–H groups in total. The quantitative estimate of drug-likeness (QED) is 0.0706. The van der Waals surface area contributed by atoms with Crippen molar-refractivity contribution in [3.8, 4) is 22.9 Å². The highest BCUT2D eigenvalue weighted by molar-refractivity contribution is 6.19. The van der Waals surface area contributed by atoms with E-state index in [4.69, 9.17) is 31.2 Å². The molecule has 0 spiro atoms. The number of rotatable bonds is 12. The lowest BCUT2D eigenvalue weighted by Gasteiger charge is -2.19. The normalized spacial score (nSPS) is 14.0. The minimum Gasteiger partial charge on any atom is -0.507 e. The Morgan fingerprint density at radius 3 is 2.50 bits per heavy atom. The number of ketones is 1. The van der Waals surface area contributed by atoms with Crippen molar-refractivity contribution >= 4 is 50.8 Å². The summed E-state index contributed by atoms with van der Waals surface area (Å²) in [6, 6.07) is 27.6. The molecule has 1 amide bonds. The summed E-state index contributed by atoms with van der Waals surface area (Å²) in [4.78, 5) is 36.7. The Morgan fingerprint density at radius 1 is 0.960 bits per heavy atom. The monoisotopic (exact) mass is 689 g/mol. The van der Waals surface area contributed by atoms with Gasteiger partial charge in [0.2, 0.25) is 0 Å². The Kier molecular flexibility index (Phi) is 9.54. The smallest absolute Gasteiger partial charge is 0.258 e. The van der Waals surface area contributed by atoms with E-state index in [0.717, 1.165) is 44.1 Å². The van der Waals surface area contributed by atoms with Crippen LogP contribution < -0.4 is 9.64 Å². The maximum absolute atomic E-state index is 14.0. The molecule has 254 valence electrons. The molecule has 0 bridgehead atoms. The summed E-state index contributed by atoms with van der Waals surface area (Å²) >= 11 is 6.43. The van der Waals surface area contributed by atoms with Gasteiger partial charge in [-0.3, -0.25) is 9.59 Å². The Hall–Kier alpha value is -5.22. The van der Waals surface area contributed by atoms with Crippen LogP contribution in [0.1, 0.15) is 43.3 Å². The fourth-order valence-electron chi connectivity index (χ4n) is 6.64. The Labute approximate surface area is 294 Å². The molecule has 0 aliphatic carbocycles. The maximum atomic E-state index is 14.0. The van der Waals surface area contributed by atoms with Gasteiger partial charge in [-0.05, 0) is 71.5 Å². The third kappa shape index (κ3) is 6.55. The molecule has 1 aliphatic rings. The van der Waals surface area contributed by atoms with Crippen molar-refractivity contribution in [3.05, 3.63) is 119 Å². The van der Waals surface area contributed by atoms with Crippen LogP contribution in [0.5, 0.6) is 11.5 Å². The van der Waals surface area contributed by atoms with Crippen molar-refractivity contribution in [2.75, 3.05) is 43.8 Å². The lowest BCUT2D eigenvalue weighted by molar-refractivity contribution is 0.0705. The summed E-state index contributed by atoms with van der Waals surface area (Å²) in [5.74, 6) is 1.55. The van der Waals surface area contributed by atoms with Gasteiger partial charge in [-0.15, -0.1) is 11.6 Å². The van der Waals surface area contributed by atoms with Gasteiger partial charge in [0.1, 0.15) is 23.9 Å². The molecule has 50 heavy (non-hydrogen) atoms. The number of alkyl halides is 1. The number of anilines is 1. The van der Waals surface area contributed by atoms with Crippen molar-refractivity contribution < 1.29 is 29.3 Å². The van der Waals surface area contributed by atoms with Crippen LogP contribution in [0.3, 0.4) is 0 Å². The van der Waals surface area contributed by atoms with Crippen LogP contribution in [0.4, 0.5) is 5.69 Å². The number of Topliss-reactive ketones (excluding diaryl/α,β-unsaturated/α-hetero) is 1. The highest BCUT2D eigenvalue weighted by atomic mass is 35.5. The molecule has 1 aliphatic heterocycles. The largest absolute Gasteiger partial charge is 0.507 e.